The van der Waals surface area contributed by atoms with E-state index in [9.17, 15) is 9.59 Å². The Labute approximate surface area is 154 Å². The molecule has 0 bridgehead atoms. The van der Waals surface area contributed by atoms with Crippen LogP contribution < -0.4 is 10.5 Å². The van der Waals surface area contributed by atoms with Crippen molar-refractivity contribution in [3.8, 4) is 0 Å². The molecule has 0 spiro atoms. The molecule has 7 heteroatoms. The molecular formula is C19H18N4O2S. The molecule has 132 valence electrons. The number of carbonyl (C=O) groups is 1. The van der Waals surface area contributed by atoms with Gasteiger partial charge in [-0.15, -0.1) is 16.9 Å². The van der Waals surface area contributed by atoms with Gasteiger partial charge >= 0.3 is 0 Å². The van der Waals surface area contributed by atoms with Crippen LogP contribution in [-0.2, 0) is 11.3 Å². The molecule has 1 aliphatic rings. The number of hydrogen-bond donors (Lipinski definition) is 0. The van der Waals surface area contributed by atoms with Crippen LogP contribution in [0.1, 0.15) is 13.3 Å². The zero-order valence-electron chi connectivity index (χ0n) is 14.3. The van der Waals surface area contributed by atoms with E-state index in [0.717, 1.165) is 21.7 Å². The fourth-order valence-electron chi connectivity index (χ4n) is 3.09. The average Bonchev–Trinajstić information content (AvgIpc) is 2.82. The van der Waals surface area contributed by atoms with Crippen LogP contribution in [0.25, 0.3) is 10.9 Å². The molecule has 1 aliphatic heterocycles. The lowest BCUT2D eigenvalue weighted by Gasteiger charge is -2.22. The van der Waals surface area contributed by atoms with Crippen molar-refractivity contribution in [2.24, 2.45) is 0 Å². The first kappa shape index (κ1) is 16.8. The lowest BCUT2D eigenvalue weighted by molar-refractivity contribution is -0.119. The number of rotatable bonds is 2. The van der Waals surface area contributed by atoms with Gasteiger partial charge in [-0.25, -0.2) is 4.68 Å². The summed E-state index contributed by atoms with van der Waals surface area (Å²) in [5.74, 6) is -0.154. The Balaban J connectivity index is 1.67. The number of thioether (sulfide) groups is 1. The number of anilines is 1. The molecule has 0 radical (unpaired) electrons. The Kier molecular flexibility index (Phi) is 4.46. The molecule has 0 saturated carbocycles. The Morgan fingerprint density at radius 3 is 2.85 bits per heavy atom. The van der Waals surface area contributed by atoms with Gasteiger partial charge in [-0.3, -0.25) is 9.59 Å². The molecule has 0 aliphatic carbocycles. The van der Waals surface area contributed by atoms with Gasteiger partial charge in [0.05, 0.1) is 11.1 Å². The van der Waals surface area contributed by atoms with Crippen molar-refractivity contribution < 1.29 is 4.79 Å². The fraction of sp³-hybridized carbons (Fsp3) is 0.263. The molecule has 1 aromatic heterocycles. The zero-order valence-corrected chi connectivity index (χ0v) is 15.1. The van der Waals surface area contributed by atoms with Gasteiger partial charge in [0.2, 0.25) is 5.91 Å². The summed E-state index contributed by atoms with van der Waals surface area (Å²) in [7, 11) is 0. The number of amides is 1. The third-order valence-corrected chi connectivity index (χ3v) is 5.70. The van der Waals surface area contributed by atoms with Gasteiger partial charge in [0.15, 0.2) is 0 Å². The van der Waals surface area contributed by atoms with E-state index in [-0.39, 0.29) is 18.0 Å². The highest BCUT2D eigenvalue weighted by atomic mass is 32.2. The number of aromatic nitrogens is 3. The summed E-state index contributed by atoms with van der Waals surface area (Å²) < 4.78 is 1.15. The summed E-state index contributed by atoms with van der Waals surface area (Å²) in [4.78, 5) is 28.4. The number of para-hydroxylation sites is 1. The van der Waals surface area contributed by atoms with E-state index < -0.39 is 0 Å². The quantitative estimate of drug-likeness (QED) is 0.698. The van der Waals surface area contributed by atoms with Crippen molar-refractivity contribution in [2.45, 2.75) is 30.0 Å². The topological polar surface area (TPSA) is 68.1 Å². The molecule has 0 unspecified atom stereocenters. The summed E-state index contributed by atoms with van der Waals surface area (Å²) in [6.45, 7) is 2.67. The second-order valence-electron chi connectivity index (χ2n) is 6.30. The second-order valence-corrected chi connectivity index (χ2v) is 7.78. The summed E-state index contributed by atoms with van der Waals surface area (Å²) in [5.41, 5.74) is 1.13. The molecule has 1 atom stereocenters. The van der Waals surface area contributed by atoms with E-state index in [1.807, 2.05) is 24.3 Å². The Morgan fingerprint density at radius 2 is 1.96 bits per heavy atom. The summed E-state index contributed by atoms with van der Waals surface area (Å²) in [6, 6.07) is 14.9. The van der Waals surface area contributed by atoms with Crippen molar-refractivity contribution in [1.82, 2.24) is 15.0 Å². The SMILES string of the molecule is C[C@@H]1CCN(C(=O)Cn2nnc3ccccc3c2=O)c2ccccc2S1. The normalized spacial score (nSPS) is 17.0. The lowest BCUT2D eigenvalue weighted by Crippen LogP contribution is -2.38. The predicted molar refractivity (Wildman–Crippen MR) is 103 cm³/mol. The first-order valence-electron chi connectivity index (χ1n) is 8.52. The molecule has 2 heterocycles. The van der Waals surface area contributed by atoms with Crippen LogP contribution >= 0.6 is 11.8 Å². The standard InChI is InChI=1S/C19H18N4O2S/c1-13-10-11-22(16-8-4-5-9-17(16)26-13)18(24)12-23-19(25)14-6-2-3-7-15(14)20-21-23/h2-9,13H,10-12H2,1H3/t13-/m1/s1. The fourth-order valence-corrected chi connectivity index (χ4v) is 4.20. The van der Waals surface area contributed by atoms with Crippen molar-refractivity contribution >= 4 is 34.3 Å². The summed E-state index contributed by atoms with van der Waals surface area (Å²) >= 11 is 1.77. The highest BCUT2D eigenvalue weighted by Gasteiger charge is 2.24. The first-order valence-corrected chi connectivity index (χ1v) is 9.40. The van der Waals surface area contributed by atoms with Crippen LogP contribution in [0.5, 0.6) is 0 Å². The Hall–Kier alpha value is -2.67. The number of hydrogen-bond acceptors (Lipinski definition) is 5. The lowest BCUT2D eigenvalue weighted by atomic mass is 10.2. The minimum Gasteiger partial charge on any atom is -0.310 e. The maximum absolute atomic E-state index is 13.0. The summed E-state index contributed by atoms with van der Waals surface area (Å²) in [6.07, 6.45) is 0.892. The van der Waals surface area contributed by atoms with Crippen LogP contribution in [0.3, 0.4) is 0 Å². The molecule has 4 rings (SSSR count). The molecule has 0 N–H and O–H groups in total. The van der Waals surface area contributed by atoms with Gasteiger partial charge in [-0.1, -0.05) is 36.4 Å². The van der Waals surface area contributed by atoms with Gasteiger partial charge < -0.3 is 4.90 Å². The van der Waals surface area contributed by atoms with Gasteiger partial charge in [0.25, 0.3) is 5.56 Å². The third kappa shape index (κ3) is 3.10. The average molecular weight is 366 g/mol. The van der Waals surface area contributed by atoms with Crippen molar-refractivity contribution in [3.05, 3.63) is 58.9 Å². The molecule has 2 aromatic carbocycles. The van der Waals surface area contributed by atoms with Crippen molar-refractivity contribution in [3.63, 3.8) is 0 Å². The third-order valence-electron chi connectivity index (χ3n) is 4.46. The van der Waals surface area contributed by atoms with E-state index in [1.54, 1.807) is 40.9 Å². The predicted octanol–water partition coefficient (Wildman–Crippen LogP) is 2.71. The van der Waals surface area contributed by atoms with Crippen LogP contribution in [0.2, 0.25) is 0 Å². The zero-order chi connectivity index (χ0) is 18.1. The highest BCUT2D eigenvalue weighted by molar-refractivity contribution is 8.00. The highest BCUT2D eigenvalue weighted by Crippen LogP contribution is 2.37. The Morgan fingerprint density at radius 1 is 1.19 bits per heavy atom. The first-order chi connectivity index (χ1) is 12.6. The maximum atomic E-state index is 13.0. The molecular weight excluding hydrogens is 348 g/mol. The summed E-state index contributed by atoms with van der Waals surface area (Å²) in [5, 5.41) is 8.89. The molecule has 3 aromatic rings. The number of nitrogens with zero attached hydrogens (tertiary/aromatic N) is 4. The largest absolute Gasteiger partial charge is 0.310 e. The van der Waals surface area contributed by atoms with E-state index in [4.69, 9.17) is 0 Å². The molecule has 0 saturated heterocycles. The smallest absolute Gasteiger partial charge is 0.278 e. The minimum absolute atomic E-state index is 0.121. The van der Waals surface area contributed by atoms with Crippen LogP contribution in [0, 0.1) is 0 Å². The van der Waals surface area contributed by atoms with E-state index >= 15 is 0 Å². The van der Waals surface area contributed by atoms with E-state index in [2.05, 4.69) is 17.2 Å². The number of carbonyl (C=O) groups excluding carboxylic acids is 1. The molecule has 6 nitrogen and oxygen atoms in total. The van der Waals surface area contributed by atoms with Crippen LogP contribution in [0.4, 0.5) is 5.69 Å². The number of fused-ring (bicyclic) bond motifs is 2. The van der Waals surface area contributed by atoms with Crippen LogP contribution in [0.15, 0.2) is 58.2 Å². The van der Waals surface area contributed by atoms with Gasteiger partial charge in [-0.05, 0) is 30.7 Å². The van der Waals surface area contributed by atoms with E-state index in [1.165, 1.54) is 0 Å². The monoisotopic (exact) mass is 366 g/mol. The van der Waals surface area contributed by atoms with E-state index in [0.29, 0.717) is 22.7 Å². The maximum Gasteiger partial charge on any atom is 0.278 e. The van der Waals surface area contributed by atoms with Crippen molar-refractivity contribution in [2.75, 3.05) is 11.4 Å². The van der Waals surface area contributed by atoms with Gasteiger partial charge in [-0.2, -0.15) is 0 Å². The molecule has 26 heavy (non-hydrogen) atoms. The van der Waals surface area contributed by atoms with Crippen molar-refractivity contribution in [1.29, 1.82) is 0 Å². The molecule has 1 amide bonds. The van der Waals surface area contributed by atoms with Gasteiger partial charge in [0.1, 0.15) is 12.1 Å². The van der Waals surface area contributed by atoms with Crippen LogP contribution in [-0.4, -0.2) is 32.7 Å². The molecule has 0 fully saturated rings. The van der Waals surface area contributed by atoms with Gasteiger partial charge in [0, 0.05) is 16.7 Å². The second kappa shape index (κ2) is 6.92. The number of benzene rings is 2. The minimum atomic E-state index is -0.296. The Bertz CT molecular complexity index is 1030.